The number of carbonyl (C=O) groups is 1. The van der Waals surface area contributed by atoms with E-state index in [1.807, 2.05) is 18.2 Å². The summed E-state index contributed by atoms with van der Waals surface area (Å²) in [5, 5.41) is 0. The Labute approximate surface area is 111 Å². The molecule has 2 heterocycles. The molecule has 2 aliphatic rings. The highest BCUT2D eigenvalue weighted by Crippen LogP contribution is 2.31. The van der Waals surface area contributed by atoms with E-state index in [0.717, 1.165) is 35.7 Å². The number of fused-ring (bicyclic) bond motifs is 1. The first-order valence-corrected chi connectivity index (χ1v) is 7.50. The van der Waals surface area contributed by atoms with Crippen LogP contribution in [0.4, 0.5) is 0 Å². The third-order valence-electron chi connectivity index (χ3n) is 3.31. The summed E-state index contributed by atoms with van der Waals surface area (Å²) in [5.41, 5.74) is 1.84. The fourth-order valence-corrected chi connectivity index (χ4v) is 3.24. The molecule has 1 unspecified atom stereocenters. The second kappa shape index (κ2) is 5.33. The first kappa shape index (κ1) is 12.1. The lowest BCUT2D eigenvalue weighted by atomic mass is 9.98. The van der Waals surface area contributed by atoms with Crippen LogP contribution >= 0.6 is 11.8 Å². The number of thioether (sulfide) groups is 1. The van der Waals surface area contributed by atoms with E-state index in [4.69, 9.17) is 9.47 Å². The summed E-state index contributed by atoms with van der Waals surface area (Å²) in [6, 6.07) is 5.84. The molecule has 1 atom stereocenters. The van der Waals surface area contributed by atoms with Crippen molar-refractivity contribution in [3.05, 3.63) is 29.3 Å². The second-order valence-electron chi connectivity index (χ2n) is 4.54. The van der Waals surface area contributed by atoms with Gasteiger partial charge in [-0.15, -0.1) is 0 Å². The van der Waals surface area contributed by atoms with E-state index in [-0.39, 0.29) is 11.9 Å². The second-order valence-corrected chi connectivity index (χ2v) is 5.69. The van der Waals surface area contributed by atoms with Crippen molar-refractivity contribution in [2.45, 2.75) is 18.9 Å². The highest BCUT2D eigenvalue weighted by Gasteiger charge is 2.27. The summed E-state index contributed by atoms with van der Waals surface area (Å²) in [6.07, 6.45) is 1.72. The predicted octanol–water partition coefficient (Wildman–Crippen LogP) is 2.33. The Morgan fingerprint density at radius 1 is 1.33 bits per heavy atom. The van der Waals surface area contributed by atoms with Crippen LogP contribution in [0.5, 0.6) is 5.75 Å². The van der Waals surface area contributed by atoms with Gasteiger partial charge in [0.25, 0.3) is 0 Å². The van der Waals surface area contributed by atoms with E-state index in [1.54, 1.807) is 11.8 Å². The van der Waals surface area contributed by atoms with Crippen molar-refractivity contribution in [3.8, 4) is 5.75 Å². The molecule has 18 heavy (non-hydrogen) atoms. The maximum Gasteiger partial charge on any atom is 0.196 e. The Morgan fingerprint density at radius 3 is 3.11 bits per heavy atom. The summed E-state index contributed by atoms with van der Waals surface area (Å²) in [6.45, 7) is 1.37. The van der Waals surface area contributed by atoms with E-state index >= 15 is 0 Å². The molecular weight excluding hydrogens is 248 g/mol. The van der Waals surface area contributed by atoms with Gasteiger partial charge < -0.3 is 9.47 Å². The van der Waals surface area contributed by atoms with Crippen LogP contribution in [0.1, 0.15) is 22.3 Å². The average Bonchev–Trinajstić information content (AvgIpc) is 2.47. The third kappa shape index (κ3) is 2.27. The zero-order valence-electron chi connectivity index (χ0n) is 10.2. The number of Topliss-reactive ketones (excluding diaryl/α,β-unsaturated/α-hetero) is 1. The fraction of sp³-hybridized carbons (Fsp3) is 0.500. The van der Waals surface area contributed by atoms with Crippen molar-refractivity contribution in [2.24, 2.45) is 0 Å². The Bertz CT molecular complexity index is 452. The average molecular weight is 264 g/mol. The summed E-state index contributed by atoms with van der Waals surface area (Å²) in [4.78, 5) is 12.5. The Morgan fingerprint density at radius 2 is 2.28 bits per heavy atom. The third-order valence-corrected chi connectivity index (χ3v) is 4.30. The van der Waals surface area contributed by atoms with Gasteiger partial charge in [-0.05, 0) is 24.5 Å². The molecule has 1 aromatic carbocycles. The molecule has 2 aliphatic heterocycles. The van der Waals surface area contributed by atoms with Gasteiger partial charge in [-0.2, -0.15) is 11.8 Å². The van der Waals surface area contributed by atoms with Crippen LogP contribution in [0.2, 0.25) is 0 Å². The minimum Gasteiger partial charge on any atom is -0.493 e. The largest absolute Gasteiger partial charge is 0.493 e. The summed E-state index contributed by atoms with van der Waals surface area (Å²) >= 11 is 1.78. The first-order chi connectivity index (χ1) is 8.86. The normalized spacial score (nSPS) is 23.0. The van der Waals surface area contributed by atoms with Crippen molar-refractivity contribution in [1.82, 2.24) is 0 Å². The number of para-hydroxylation sites is 1. The van der Waals surface area contributed by atoms with Gasteiger partial charge in [0.05, 0.1) is 18.8 Å². The summed E-state index contributed by atoms with van der Waals surface area (Å²) in [7, 11) is 0. The van der Waals surface area contributed by atoms with Crippen LogP contribution in [-0.2, 0) is 11.2 Å². The van der Waals surface area contributed by atoms with Crippen molar-refractivity contribution in [1.29, 1.82) is 0 Å². The minimum atomic E-state index is -0.305. The molecule has 1 saturated heterocycles. The van der Waals surface area contributed by atoms with Crippen LogP contribution in [0.25, 0.3) is 0 Å². The molecule has 4 heteroatoms. The monoisotopic (exact) mass is 264 g/mol. The Hall–Kier alpha value is -1.00. The quantitative estimate of drug-likeness (QED) is 0.768. The van der Waals surface area contributed by atoms with Gasteiger partial charge in [0.2, 0.25) is 0 Å². The number of rotatable bonds is 2. The topological polar surface area (TPSA) is 35.5 Å². The SMILES string of the molecule is O=C(c1cccc2c1OCCC2)C1CSCCO1. The van der Waals surface area contributed by atoms with Crippen molar-refractivity contribution in [2.75, 3.05) is 24.7 Å². The van der Waals surface area contributed by atoms with E-state index in [9.17, 15) is 4.79 Å². The molecule has 1 aromatic rings. The number of hydrogen-bond donors (Lipinski definition) is 0. The molecule has 0 aliphatic carbocycles. The van der Waals surface area contributed by atoms with Gasteiger partial charge >= 0.3 is 0 Å². The lowest BCUT2D eigenvalue weighted by Crippen LogP contribution is -2.32. The number of hydrogen-bond acceptors (Lipinski definition) is 4. The van der Waals surface area contributed by atoms with E-state index < -0.39 is 0 Å². The summed E-state index contributed by atoms with van der Waals surface area (Å²) in [5.74, 6) is 2.59. The molecule has 0 aromatic heterocycles. The lowest BCUT2D eigenvalue weighted by Gasteiger charge is -2.24. The van der Waals surface area contributed by atoms with Crippen LogP contribution in [0.3, 0.4) is 0 Å². The predicted molar refractivity (Wildman–Crippen MR) is 71.7 cm³/mol. The molecule has 0 spiro atoms. The molecule has 0 radical (unpaired) electrons. The molecule has 0 bridgehead atoms. The van der Waals surface area contributed by atoms with E-state index in [0.29, 0.717) is 18.8 Å². The summed E-state index contributed by atoms with van der Waals surface area (Å²) < 4.78 is 11.2. The molecule has 96 valence electrons. The Kier molecular flexibility index (Phi) is 3.57. The van der Waals surface area contributed by atoms with Gasteiger partial charge in [-0.3, -0.25) is 4.79 Å². The van der Waals surface area contributed by atoms with Gasteiger partial charge in [-0.25, -0.2) is 0 Å². The van der Waals surface area contributed by atoms with Crippen LogP contribution in [0, 0.1) is 0 Å². The lowest BCUT2D eigenvalue weighted by molar-refractivity contribution is 0.0514. The highest BCUT2D eigenvalue weighted by molar-refractivity contribution is 7.99. The molecule has 0 amide bonds. The molecular formula is C14H16O3S. The minimum absolute atomic E-state index is 0.0703. The molecule has 0 N–H and O–H groups in total. The smallest absolute Gasteiger partial charge is 0.196 e. The number of aryl methyl sites for hydroxylation is 1. The fourth-order valence-electron chi connectivity index (χ4n) is 2.40. The molecule has 3 nitrogen and oxygen atoms in total. The van der Waals surface area contributed by atoms with Gasteiger partial charge in [0, 0.05) is 11.5 Å². The van der Waals surface area contributed by atoms with Crippen LogP contribution < -0.4 is 4.74 Å². The Balaban J connectivity index is 1.89. The number of ether oxygens (including phenoxy) is 2. The standard InChI is InChI=1S/C14H16O3S/c15-13(12-9-18-8-7-16-12)11-5-1-3-10-4-2-6-17-14(10)11/h1,3,5,12H,2,4,6-9H2. The molecule has 1 fully saturated rings. The van der Waals surface area contributed by atoms with Crippen LogP contribution in [0.15, 0.2) is 18.2 Å². The van der Waals surface area contributed by atoms with Crippen molar-refractivity contribution >= 4 is 17.5 Å². The molecule has 0 saturated carbocycles. The van der Waals surface area contributed by atoms with Gasteiger partial charge in [0.1, 0.15) is 11.9 Å². The van der Waals surface area contributed by atoms with Crippen molar-refractivity contribution < 1.29 is 14.3 Å². The molecule has 3 rings (SSSR count). The number of carbonyl (C=O) groups excluding carboxylic acids is 1. The van der Waals surface area contributed by atoms with E-state index in [1.165, 1.54) is 0 Å². The zero-order valence-corrected chi connectivity index (χ0v) is 11.0. The van der Waals surface area contributed by atoms with Gasteiger partial charge in [-0.1, -0.05) is 12.1 Å². The maximum absolute atomic E-state index is 12.5. The van der Waals surface area contributed by atoms with Crippen molar-refractivity contribution in [3.63, 3.8) is 0 Å². The first-order valence-electron chi connectivity index (χ1n) is 6.34. The zero-order chi connectivity index (χ0) is 12.4. The maximum atomic E-state index is 12.5. The number of ketones is 1. The van der Waals surface area contributed by atoms with Crippen LogP contribution in [-0.4, -0.2) is 36.6 Å². The highest BCUT2D eigenvalue weighted by atomic mass is 32.2. The van der Waals surface area contributed by atoms with E-state index in [2.05, 4.69) is 0 Å². The van der Waals surface area contributed by atoms with Gasteiger partial charge in [0.15, 0.2) is 5.78 Å². The number of benzene rings is 1.